The molecule has 8 heteroatoms. The van der Waals surface area contributed by atoms with Gasteiger partial charge in [0.2, 0.25) is 11.8 Å². The molecule has 0 bridgehead atoms. The van der Waals surface area contributed by atoms with Crippen LogP contribution in [0.5, 0.6) is 5.75 Å². The average Bonchev–Trinajstić information content (AvgIpc) is 3.18. The quantitative estimate of drug-likeness (QED) is 0.671. The SMILES string of the molecule is O=C1CCCN1CCN1CCC(N2CC(COc3ccc(F)cc3)OCC2=O)CC1. The highest BCUT2D eigenvalue weighted by Gasteiger charge is 2.34. The maximum Gasteiger partial charge on any atom is 0.248 e. The summed E-state index contributed by atoms with van der Waals surface area (Å²) >= 11 is 0. The summed E-state index contributed by atoms with van der Waals surface area (Å²) in [6.45, 7) is 5.41. The van der Waals surface area contributed by atoms with Gasteiger partial charge < -0.3 is 24.2 Å². The molecule has 0 aliphatic carbocycles. The van der Waals surface area contributed by atoms with Crippen molar-refractivity contribution >= 4 is 11.8 Å². The van der Waals surface area contributed by atoms with Gasteiger partial charge in [-0.2, -0.15) is 0 Å². The second kappa shape index (κ2) is 9.75. The van der Waals surface area contributed by atoms with Gasteiger partial charge in [-0.15, -0.1) is 0 Å². The van der Waals surface area contributed by atoms with Gasteiger partial charge in [-0.1, -0.05) is 0 Å². The van der Waals surface area contributed by atoms with Crippen LogP contribution >= 0.6 is 0 Å². The van der Waals surface area contributed by atoms with E-state index in [0.29, 0.717) is 25.3 Å². The molecule has 0 N–H and O–H groups in total. The van der Waals surface area contributed by atoms with E-state index in [2.05, 4.69) is 4.90 Å². The molecule has 3 heterocycles. The van der Waals surface area contributed by atoms with Crippen molar-refractivity contribution in [3.63, 3.8) is 0 Å². The van der Waals surface area contributed by atoms with Crippen molar-refractivity contribution in [3.8, 4) is 5.75 Å². The summed E-state index contributed by atoms with van der Waals surface area (Å²) in [6, 6.07) is 6.12. The van der Waals surface area contributed by atoms with E-state index < -0.39 is 0 Å². The van der Waals surface area contributed by atoms with Crippen molar-refractivity contribution in [2.75, 3.05) is 52.5 Å². The summed E-state index contributed by atoms with van der Waals surface area (Å²) in [5.41, 5.74) is 0. The zero-order valence-electron chi connectivity index (χ0n) is 17.3. The fourth-order valence-electron chi connectivity index (χ4n) is 4.48. The van der Waals surface area contributed by atoms with Crippen LogP contribution in [0.25, 0.3) is 0 Å². The van der Waals surface area contributed by atoms with Crippen molar-refractivity contribution in [2.45, 2.75) is 37.8 Å². The lowest BCUT2D eigenvalue weighted by Gasteiger charge is -2.42. The monoisotopic (exact) mass is 419 g/mol. The van der Waals surface area contributed by atoms with Gasteiger partial charge in [0.05, 0.1) is 6.54 Å². The Balaban J connectivity index is 1.21. The molecule has 1 aromatic carbocycles. The number of likely N-dealkylation sites (tertiary alicyclic amines) is 2. The van der Waals surface area contributed by atoms with Crippen molar-refractivity contribution in [2.24, 2.45) is 0 Å². The summed E-state index contributed by atoms with van der Waals surface area (Å²) in [5, 5.41) is 0. The fourth-order valence-corrected chi connectivity index (χ4v) is 4.48. The van der Waals surface area contributed by atoms with Crippen LogP contribution in [0.15, 0.2) is 24.3 Å². The van der Waals surface area contributed by atoms with Crippen molar-refractivity contribution in [3.05, 3.63) is 30.1 Å². The number of carbonyl (C=O) groups is 2. The molecule has 4 rings (SSSR count). The van der Waals surface area contributed by atoms with Crippen LogP contribution in [0.2, 0.25) is 0 Å². The van der Waals surface area contributed by atoms with Gasteiger partial charge in [-0.25, -0.2) is 4.39 Å². The van der Waals surface area contributed by atoms with Crippen LogP contribution in [-0.4, -0.2) is 91.1 Å². The molecular formula is C22H30FN3O4. The molecular weight excluding hydrogens is 389 g/mol. The first-order chi connectivity index (χ1) is 14.6. The predicted octanol–water partition coefficient (Wildman–Crippen LogP) is 1.52. The molecule has 164 valence electrons. The Morgan fingerprint density at radius 2 is 1.80 bits per heavy atom. The molecule has 0 saturated carbocycles. The normalized spacial score (nSPS) is 24.0. The van der Waals surface area contributed by atoms with Gasteiger partial charge in [-0.05, 0) is 43.5 Å². The summed E-state index contributed by atoms with van der Waals surface area (Å²) < 4.78 is 24.4. The van der Waals surface area contributed by atoms with Gasteiger partial charge in [0.1, 0.15) is 30.9 Å². The topological polar surface area (TPSA) is 62.3 Å². The first-order valence-corrected chi connectivity index (χ1v) is 10.9. The van der Waals surface area contributed by atoms with E-state index in [9.17, 15) is 14.0 Å². The lowest BCUT2D eigenvalue weighted by molar-refractivity contribution is -0.155. The standard InChI is InChI=1S/C22H30FN3O4/c23-17-3-5-19(6-4-17)29-15-20-14-26(22(28)16-30-20)18-7-10-24(11-8-18)12-13-25-9-1-2-21(25)27/h3-6,18,20H,1-2,7-16H2. The van der Waals surface area contributed by atoms with Gasteiger partial charge in [0.25, 0.3) is 0 Å². The number of amides is 2. The predicted molar refractivity (Wildman–Crippen MR) is 109 cm³/mol. The number of morpholine rings is 1. The minimum absolute atomic E-state index is 0.0362. The average molecular weight is 419 g/mol. The zero-order valence-corrected chi connectivity index (χ0v) is 17.3. The number of hydrogen-bond acceptors (Lipinski definition) is 5. The van der Waals surface area contributed by atoms with Crippen LogP contribution in [0.1, 0.15) is 25.7 Å². The van der Waals surface area contributed by atoms with E-state index in [4.69, 9.17) is 9.47 Å². The molecule has 3 aliphatic rings. The van der Waals surface area contributed by atoms with E-state index in [1.54, 1.807) is 12.1 Å². The molecule has 30 heavy (non-hydrogen) atoms. The second-order valence-electron chi connectivity index (χ2n) is 8.30. The van der Waals surface area contributed by atoms with Gasteiger partial charge >= 0.3 is 0 Å². The largest absolute Gasteiger partial charge is 0.491 e. The molecule has 0 aromatic heterocycles. The Morgan fingerprint density at radius 3 is 2.50 bits per heavy atom. The van der Waals surface area contributed by atoms with Gasteiger partial charge in [0.15, 0.2) is 0 Å². The number of carbonyl (C=O) groups excluding carboxylic acids is 2. The number of hydrogen-bond donors (Lipinski definition) is 0. The minimum Gasteiger partial charge on any atom is -0.491 e. The maximum atomic E-state index is 13.0. The number of benzene rings is 1. The molecule has 7 nitrogen and oxygen atoms in total. The number of ether oxygens (including phenoxy) is 2. The van der Waals surface area contributed by atoms with Crippen LogP contribution in [0.4, 0.5) is 4.39 Å². The third-order valence-corrected chi connectivity index (χ3v) is 6.27. The lowest BCUT2D eigenvalue weighted by atomic mass is 10.0. The van der Waals surface area contributed by atoms with Crippen LogP contribution in [-0.2, 0) is 14.3 Å². The van der Waals surface area contributed by atoms with Crippen LogP contribution in [0.3, 0.4) is 0 Å². The summed E-state index contributed by atoms with van der Waals surface area (Å²) in [4.78, 5) is 30.5. The van der Waals surface area contributed by atoms with E-state index in [1.807, 2.05) is 9.80 Å². The van der Waals surface area contributed by atoms with E-state index in [-0.39, 0.29) is 36.4 Å². The highest BCUT2D eigenvalue weighted by molar-refractivity contribution is 5.78. The molecule has 1 atom stereocenters. The Labute approximate surface area is 176 Å². The Kier molecular flexibility index (Phi) is 6.84. The number of nitrogens with zero attached hydrogens (tertiary/aromatic N) is 3. The summed E-state index contributed by atoms with van der Waals surface area (Å²) in [6.07, 6.45) is 3.35. The second-order valence-corrected chi connectivity index (χ2v) is 8.30. The summed E-state index contributed by atoms with van der Waals surface area (Å²) in [5.74, 6) is 0.603. The Hall–Kier alpha value is -2.19. The Morgan fingerprint density at radius 1 is 1.03 bits per heavy atom. The highest BCUT2D eigenvalue weighted by Crippen LogP contribution is 2.21. The van der Waals surface area contributed by atoms with Crippen molar-refractivity contribution in [1.29, 1.82) is 0 Å². The molecule has 2 amide bonds. The third-order valence-electron chi connectivity index (χ3n) is 6.27. The smallest absolute Gasteiger partial charge is 0.248 e. The molecule has 3 fully saturated rings. The first kappa shape index (κ1) is 21.1. The lowest BCUT2D eigenvalue weighted by Crippen LogP contribution is -2.55. The van der Waals surface area contributed by atoms with E-state index in [0.717, 1.165) is 52.0 Å². The molecule has 3 saturated heterocycles. The van der Waals surface area contributed by atoms with Crippen molar-refractivity contribution < 1.29 is 23.5 Å². The molecule has 1 unspecified atom stereocenters. The number of halogens is 1. The third kappa shape index (κ3) is 5.29. The maximum absolute atomic E-state index is 13.0. The summed E-state index contributed by atoms with van der Waals surface area (Å²) in [7, 11) is 0. The fraction of sp³-hybridized carbons (Fsp3) is 0.636. The molecule has 1 aromatic rings. The molecule has 3 aliphatic heterocycles. The molecule has 0 spiro atoms. The van der Waals surface area contributed by atoms with Gasteiger partial charge in [0, 0.05) is 45.2 Å². The number of piperidine rings is 1. The number of rotatable bonds is 7. The first-order valence-electron chi connectivity index (χ1n) is 10.9. The Bertz CT molecular complexity index is 736. The zero-order chi connectivity index (χ0) is 20.9. The van der Waals surface area contributed by atoms with Crippen LogP contribution < -0.4 is 4.74 Å². The van der Waals surface area contributed by atoms with Gasteiger partial charge in [-0.3, -0.25) is 9.59 Å². The molecule has 0 radical (unpaired) electrons. The van der Waals surface area contributed by atoms with Crippen molar-refractivity contribution in [1.82, 2.24) is 14.7 Å². The van der Waals surface area contributed by atoms with Crippen LogP contribution in [0, 0.1) is 5.82 Å². The van der Waals surface area contributed by atoms with E-state index in [1.165, 1.54) is 12.1 Å². The van der Waals surface area contributed by atoms with E-state index >= 15 is 0 Å². The highest BCUT2D eigenvalue weighted by atomic mass is 19.1. The minimum atomic E-state index is -0.300.